The molecule has 0 fully saturated rings. The fourth-order valence-corrected chi connectivity index (χ4v) is 1.43. The van der Waals surface area contributed by atoms with Gasteiger partial charge in [-0.1, -0.05) is 0 Å². The molecule has 0 bridgehead atoms. The second-order valence-corrected chi connectivity index (χ2v) is 3.09. The molecule has 0 aromatic carbocycles. The Hall–Kier alpha value is -1.38. The first-order chi connectivity index (χ1) is 5.68. The molecule has 2 heterocycles. The maximum absolute atomic E-state index is 4.40. The number of rotatable bonds is 0. The molecule has 0 amide bonds. The molecule has 12 heavy (non-hydrogen) atoms. The fraction of sp³-hybridized carbons (Fsp3) is 0.333. The van der Waals surface area contributed by atoms with E-state index in [2.05, 4.69) is 23.1 Å². The Bertz CT molecular complexity index is 429. The van der Waals surface area contributed by atoms with Crippen molar-refractivity contribution in [1.82, 2.24) is 14.8 Å². The molecule has 0 radical (unpaired) electrons. The van der Waals surface area contributed by atoms with Crippen molar-refractivity contribution < 1.29 is 0 Å². The van der Waals surface area contributed by atoms with Crippen LogP contribution < -0.4 is 0 Å². The van der Waals surface area contributed by atoms with Crippen LogP contribution in [-0.2, 0) is 7.05 Å². The summed E-state index contributed by atoms with van der Waals surface area (Å²) >= 11 is 0. The van der Waals surface area contributed by atoms with Gasteiger partial charge in [0.25, 0.3) is 0 Å². The molecule has 2 rings (SSSR count). The molecule has 0 aliphatic heterocycles. The first kappa shape index (κ1) is 7.28. The van der Waals surface area contributed by atoms with Gasteiger partial charge >= 0.3 is 0 Å². The Morgan fingerprint density at radius 3 is 2.83 bits per heavy atom. The molecular formula is C9H11N3. The van der Waals surface area contributed by atoms with Gasteiger partial charge in [0.05, 0.1) is 6.20 Å². The molecule has 0 aliphatic rings. The van der Waals surface area contributed by atoms with E-state index < -0.39 is 0 Å². The number of aryl methyl sites for hydroxylation is 3. The van der Waals surface area contributed by atoms with Crippen molar-refractivity contribution in [3.05, 3.63) is 23.5 Å². The van der Waals surface area contributed by atoms with Crippen LogP contribution in [0.2, 0.25) is 0 Å². The summed E-state index contributed by atoms with van der Waals surface area (Å²) in [6.07, 6.45) is 1.86. The number of hydrogen-bond acceptors (Lipinski definition) is 2. The molecule has 3 heteroatoms. The first-order valence-electron chi connectivity index (χ1n) is 3.94. The third-order valence-corrected chi connectivity index (χ3v) is 2.04. The third-order valence-electron chi connectivity index (χ3n) is 2.04. The van der Waals surface area contributed by atoms with E-state index in [0.29, 0.717) is 0 Å². The molecule has 0 atom stereocenters. The van der Waals surface area contributed by atoms with Crippen molar-refractivity contribution in [3.8, 4) is 0 Å². The number of hydrogen-bond donors (Lipinski definition) is 0. The Morgan fingerprint density at radius 1 is 1.33 bits per heavy atom. The van der Waals surface area contributed by atoms with Crippen LogP contribution in [0.4, 0.5) is 0 Å². The summed E-state index contributed by atoms with van der Waals surface area (Å²) in [5.74, 6) is 0. The van der Waals surface area contributed by atoms with Gasteiger partial charge in [0.2, 0.25) is 0 Å². The zero-order valence-corrected chi connectivity index (χ0v) is 7.50. The van der Waals surface area contributed by atoms with Gasteiger partial charge < -0.3 is 0 Å². The van der Waals surface area contributed by atoms with Crippen LogP contribution >= 0.6 is 0 Å². The molecule has 62 valence electrons. The van der Waals surface area contributed by atoms with E-state index >= 15 is 0 Å². The molecule has 0 aliphatic carbocycles. The highest BCUT2D eigenvalue weighted by Crippen LogP contribution is 2.15. The lowest BCUT2D eigenvalue weighted by atomic mass is 10.2. The van der Waals surface area contributed by atoms with Gasteiger partial charge in [-0.05, 0) is 25.5 Å². The van der Waals surface area contributed by atoms with E-state index in [1.54, 1.807) is 4.68 Å². The van der Waals surface area contributed by atoms with Gasteiger partial charge in [0, 0.05) is 18.1 Å². The Morgan fingerprint density at radius 2 is 2.08 bits per heavy atom. The molecule has 0 N–H and O–H groups in total. The maximum Gasteiger partial charge on any atom is 0.157 e. The van der Waals surface area contributed by atoms with Crippen LogP contribution in [0.3, 0.4) is 0 Å². The largest absolute Gasteiger partial charge is 0.250 e. The minimum atomic E-state index is 0.965. The molecule has 0 spiro atoms. The smallest absolute Gasteiger partial charge is 0.157 e. The Labute approximate surface area is 71.0 Å². The molecule has 0 saturated carbocycles. The topological polar surface area (TPSA) is 30.7 Å². The molecule has 3 nitrogen and oxygen atoms in total. The first-order valence-corrected chi connectivity index (χ1v) is 3.94. The quantitative estimate of drug-likeness (QED) is 0.587. The van der Waals surface area contributed by atoms with Crippen LogP contribution in [0.5, 0.6) is 0 Å². The van der Waals surface area contributed by atoms with E-state index in [1.807, 2.05) is 20.2 Å². The SMILES string of the molecule is Cc1cc(C)c2cnn(C)c2n1. The average Bonchev–Trinajstić information content (AvgIpc) is 2.33. The van der Waals surface area contributed by atoms with Crippen LogP contribution in [-0.4, -0.2) is 14.8 Å². The van der Waals surface area contributed by atoms with Gasteiger partial charge in [-0.25, -0.2) is 4.98 Å². The Kier molecular flexibility index (Phi) is 1.40. The Balaban J connectivity index is 2.92. The maximum atomic E-state index is 4.40. The minimum Gasteiger partial charge on any atom is -0.250 e. The molecule has 0 unspecified atom stereocenters. The number of aromatic nitrogens is 3. The van der Waals surface area contributed by atoms with Crippen molar-refractivity contribution in [3.63, 3.8) is 0 Å². The van der Waals surface area contributed by atoms with E-state index in [-0.39, 0.29) is 0 Å². The van der Waals surface area contributed by atoms with Gasteiger partial charge in [-0.15, -0.1) is 0 Å². The van der Waals surface area contributed by atoms with Crippen LogP contribution in [0.15, 0.2) is 12.3 Å². The van der Waals surface area contributed by atoms with E-state index in [9.17, 15) is 0 Å². The normalized spacial score (nSPS) is 10.9. The van der Waals surface area contributed by atoms with Crippen molar-refractivity contribution in [2.45, 2.75) is 13.8 Å². The summed E-state index contributed by atoms with van der Waals surface area (Å²) in [4.78, 5) is 4.40. The molecular weight excluding hydrogens is 150 g/mol. The standard InChI is InChI=1S/C9H11N3/c1-6-4-7(2)11-9-8(6)5-10-12(9)3/h4-5H,1-3H3. The summed E-state index contributed by atoms with van der Waals surface area (Å²) in [6, 6.07) is 2.07. The highest BCUT2D eigenvalue weighted by Gasteiger charge is 2.03. The second-order valence-electron chi connectivity index (χ2n) is 3.09. The van der Waals surface area contributed by atoms with E-state index in [1.165, 1.54) is 5.56 Å². The van der Waals surface area contributed by atoms with Crippen LogP contribution in [0.1, 0.15) is 11.3 Å². The van der Waals surface area contributed by atoms with Crippen molar-refractivity contribution in [2.24, 2.45) is 7.05 Å². The van der Waals surface area contributed by atoms with Crippen LogP contribution in [0, 0.1) is 13.8 Å². The lowest BCUT2D eigenvalue weighted by molar-refractivity contribution is 0.785. The summed E-state index contributed by atoms with van der Waals surface area (Å²) in [5, 5.41) is 5.29. The van der Waals surface area contributed by atoms with Gasteiger partial charge in [-0.2, -0.15) is 5.10 Å². The second kappa shape index (κ2) is 2.30. The number of nitrogens with zero attached hydrogens (tertiary/aromatic N) is 3. The summed E-state index contributed by atoms with van der Waals surface area (Å²) in [6.45, 7) is 4.08. The molecule has 0 saturated heterocycles. The van der Waals surface area contributed by atoms with E-state index in [0.717, 1.165) is 16.7 Å². The van der Waals surface area contributed by atoms with Gasteiger partial charge in [0.1, 0.15) is 0 Å². The monoisotopic (exact) mass is 161 g/mol. The highest BCUT2D eigenvalue weighted by atomic mass is 15.3. The zero-order chi connectivity index (χ0) is 8.72. The van der Waals surface area contributed by atoms with Crippen LogP contribution in [0.25, 0.3) is 11.0 Å². The summed E-state index contributed by atoms with van der Waals surface area (Å²) < 4.78 is 1.80. The summed E-state index contributed by atoms with van der Waals surface area (Å²) in [7, 11) is 1.91. The van der Waals surface area contributed by atoms with Gasteiger partial charge in [0.15, 0.2) is 5.65 Å². The third kappa shape index (κ3) is 0.897. The fourth-order valence-electron chi connectivity index (χ4n) is 1.43. The predicted molar refractivity (Wildman–Crippen MR) is 48.0 cm³/mol. The predicted octanol–water partition coefficient (Wildman–Crippen LogP) is 1.59. The number of fused-ring (bicyclic) bond motifs is 1. The van der Waals surface area contributed by atoms with Gasteiger partial charge in [-0.3, -0.25) is 4.68 Å². The van der Waals surface area contributed by atoms with Crippen molar-refractivity contribution in [1.29, 1.82) is 0 Å². The van der Waals surface area contributed by atoms with Crippen molar-refractivity contribution in [2.75, 3.05) is 0 Å². The van der Waals surface area contributed by atoms with E-state index in [4.69, 9.17) is 0 Å². The number of pyridine rings is 1. The lowest BCUT2D eigenvalue weighted by Gasteiger charge is -1.98. The molecule has 2 aromatic rings. The summed E-state index contributed by atoms with van der Waals surface area (Å²) in [5.41, 5.74) is 3.25. The highest BCUT2D eigenvalue weighted by molar-refractivity contribution is 5.78. The zero-order valence-electron chi connectivity index (χ0n) is 7.50. The van der Waals surface area contributed by atoms with Crippen molar-refractivity contribution >= 4 is 11.0 Å². The average molecular weight is 161 g/mol. The lowest BCUT2D eigenvalue weighted by Crippen LogP contribution is -1.93. The molecule has 2 aromatic heterocycles. The minimum absolute atomic E-state index is 0.965.